The molecule has 3 aromatic rings. The molecule has 0 fully saturated rings. The van der Waals surface area contributed by atoms with Crippen LogP contribution in [0.4, 0.5) is 5.69 Å². The molecule has 1 heterocycles. The van der Waals surface area contributed by atoms with Crippen LogP contribution < -0.4 is 5.32 Å². The second-order valence-corrected chi connectivity index (χ2v) is 5.29. The van der Waals surface area contributed by atoms with Gasteiger partial charge in [0.1, 0.15) is 12.6 Å². The van der Waals surface area contributed by atoms with E-state index in [1.54, 1.807) is 18.2 Å². The van der Waals surface area contributed by atoms with Gasteiger partial charge in [0.05, 0.1) is 11.3 Å². The van der Waals surface area contributed by atoms with E-state index in [0.717, 1.165) is 10.9 Å². The minimum Gasteiger partial charge on any atom is -0.338 e. The van der Waals surface area contributed by atoms with Crippen molar-refractivity contribution in [1.82, 2.24) is 4.57 Å². The summed E-state index contributed by atoms with van der Waals surface area (Å²) in [5, 5.41) is 13.4. The van der Waals surface area contributed by atoms with Crippen molar-refractivity contribution < 1.29 is 4.79 Å². The lowest BCUT2D eigenvalue weighted by atomic mass is 10.2. The lowest BCUT2D eigenvalue weighted by Crippen LogP contribution is -2.18. The number of hydrogen-bond acceptors (Lipinski definition) is 2. The van der Waals surface area contributed by atoms with Gasteiger partial charge in [-0.15, -0.1) is 0 Å². The zero-order valence-electron chi connectivity index (χ0n) is 11.6. The number of nitrogens with one attached hydrogen (secondary N) is 1. The van der Waals surface area contributed by atoms with Gasteiger partial charge in [0.2, 0.25) is 5.91 Å². The first-order chi connectivity index (χ1) is 10.7. The summed E-state index contributed by atoms with van der Waals surface area (Å²) in [5.41, 5.74) is 1.80. The number of fused-ring (bicyclic) bond motifs is 1. The smallest absolute Gasteiger partial charge is 0.244 e. The van der Waals surface area contributed by atoms with Gasteiger partial charge < -0.3 is 9.88 Å². The zero-order chi connectivity index (χ0) is 15.5. The fourth-order valence-electron chi connectivity index (χ4n) is 2.34. The Morgan fingerprint density at radius 1 is 1.23 bits per heavy atom. The zero-order valence-corrected chi connectivity index (χ0v) is 12.3. The molecule has 0 spiro atoms. The molecule has 4 nitrogen and oxygen atoms in total. The van der Waals surface area contributed by atoms with E-state index < -0.39 is 0 Å². The van der Waals surface area contributed by atoms with E-state index in [1.807, 2.05) is 47.2 Å². The van der Waals surface area contributed by atoms with Crippen molar-refractivity contribution in [3.8, 4) is 6.07 Å². The first-order valence-electron chi connectivity index (χ1n) is 6.71. The second kappa shape index (κ2) is 5.92. The summed E-state index contributed by atoms with van der Waals surface area (Å²) in [6.45, 7) is 0.172. The average molecular weight is 310 g/mol. The van der Waals surface area contributed by atoms with Crippen LogP contribution in [-0.2, 0) is 11.3 Å². The minimum atomic E-state index is -0.208. The van der Waals surface area contributed by atoms with Crippen LogP contribution in [0.25, 0.3) is 10.9 Å². The number of halogens is 1. The van der Waals surface area contributed by atoms with Crippen molar-refractivity contribution in [2.24, 2.45) is 0 Å². The summed E-state index contributed by atoms with van der Waals surface area (Å²) >= 11 is 5.91. The molecule has 5 heteroatoms. The first-order valence-corrected chi connectivity index (χ1v) is 7.08. The lowest BCUT2D eigenvalue weighted by molar-refractivity contribution is -0.116. The summed E-state index contributed by atoms with van der Waals surface area (Å²) in [6, 6.07) is 16.6. The normalized spacial score (nSPS) is 10.4. The van der Waals surface area contributed by atoms with Gasteiger partial charge in [-0.3, -0.25) is 4.79 Å². The average Bonchev–Trinajstić information content (AvgIpc) is 2.91. The molecule has 108 valence electrons. The third-order valence-electron chi connectivity index (χ3n) is 3.37. The van der Waals surface area contributed by atoms with Gasteiger partial charge in [0.15, 0.2) is 0 Å². The minimum absolute atomic E-state index is 0.172. The third kappa shape index (κ3) is 2.80. The van der Waals surface area contributed by atoms with E-state index in [9.17, 15) is 4.79 Å². The summed E-state index contributed by atoms with van der Waals surface area (Å²) in [5.74, 6) is -0.208. The van der Waals surface area contributed by atoms with E-state index in [1.165, 1.54) is 0 Å². The van der Waals surface area contributed by atoms with Gasteiger partial charge in [0, 0.05) is 16.7 Å². The van der Waals surface area contributed by atoms with E-state index >= 15 is 0 Å². The van der Waals surface area contributed by atoms with Crippen LogP contribution in [0.3, 0.4) is 0 Å². The molecule has 1 aromatic heterocycles. The molecule has 0 saturated carbocycles. The Bertz CT molecular complexity index is 892. The highest BCUT2D eigenvalue weighted by Crippen LogP contribution is 2.21. The van der Waals surface area contributed by atoms with Gasteiger partial charge >= 0.3 is 0 Å². The van der Waals surface area contributed by atoms with E-state index in [0.29, 0.717) is 16.3 Å². The molecule has 0 atom stereocenters. The second-order valence-electron chi connectivity index (χ2n) is 4.85. The van der Waals surface area contributed by atoms with E-state index in [4.69, 9.17) is 16.9 Å². The van der Waals surface area contributed by atoms with Crippen LogP contribution in [0.15, 0.2) is 54.7 Å². The van der Waals surface area contributed by atoms with Crippen LogP contribution in [0.1, 0.15) is 5.56 Å². The van der Waals surface area contributed by atoms with Crippen LogP contribution in [0.2, 0.25) is 5.02 Å². The van der Waals surface area contributed by atoms with Crippen LogP contribution in [-0.4, -0.2) is 10.5 Å². The Balaban J connectivity index is 1.81. The molecule has 0 saturated heterocycles. The first kappa shape index (κ1) is 14.2. The number of carbonyl (C=O) groups excluding carboxylic acids is 1. The van der Waals surface area contributed by atoms with Crippen molar-refractivity contribution in [3.63, 3.8) is 0 Å². The molecule has 0 aliphatic rings. The molecular weight excluding hydrogens is 298 g/mol. The van der Waals surface area contributed by atoms with E-state index in [-0.39, 0.29) is 12.5 Å². The number of benzene rings is 2. The monoisotopic (exact) mass is 309 g/mol. The summed E-state index contributed by atoms with van der Waals surface area (Å²) in [7, 11) is 0. The molecule has 0 radical (unpaired) electrons. The molecule has 3 rings (SSSR count). The summed E-state index contributed by atoms with van der Waals surface area (Å²) < 4.78 is 1.86. The fourth-order valence-corrected chi connectivity index (χ4v) is 2.51. The van der Waals surface area contributed by atoms with Gasteiger partial charge in [-0.1, -0.05) is 29.8 Å². The predicted octanol–water partition coefficient (Wildman–Crippen LogP) is 3.81. The van der Waals surface area contributed by atoms with Gasteiger partial charge in [-0.25, -0.2) is 0 Å². The molecule has 22 heavy (non-hydrogen) atoms. The number of hydrogen-bond donors (Lipinski definition) is 1. The molecule has 1 amide bonds. The molecule has 0 aliphatic carbocycles. The maximum absolute atomic E-state index is 12.2. The highest BCUT2D eigenvalue weighted by atomic mass is 35.5. The molecule has 1 N–H and O–H groups in total. The number of anilines is 1. The number of para-hydroxylation sites is 1. The highest BCUT2D eigenvalue weighted by Gasteiger charge is 2.09. The molecule has 0 bridgehead atoms. The van der Waals surface area contributed by atoms with Crippen LogP contribution >= 0.6 is 11.6 Å². The predicted molar refractivity (Wildman–Crippen MR) is 86.7 cm³/mol. The van der Waals surface area contributed by atoms with Crippen molar-refractivity contribution in [2.75, 3.05) is 5.32 Å². The van der Waals surface area contributed by atoms with Crippen molar-refractivity contribution >= 4 is 34.1 Å². The van der Waals surface area contributed by atoms with Crippen molar-refractivity contribution in [3.05, 3.63) is 65.3 Å². The maximum atomic E-state index is 12.2. The van der Waals surface area contributed by atoms with Gasteiger partial charge in [-0.05, 0) is 35.7 Å². The quantitative estimate of drug-likeness (QED) is 0.800. The number of carbonyl (C=O) groups is 1. The number of amides is 1. The van der Waals surface area contributed by atoms with Crippen molar-refractivity contribution in [2.45, 2.75) is 6.54 Å². The third-order valence-corrected chi connectivity index (χ3v) is 3.61. The molecule has 0 aliphatic heterocycles. The number of rotatable bonds is 3. The van der Waals surface area contributed by atoms with Crippen molar-refractivity contribution in [1.29, 1.82) is 5.26 Å². The maximum Gasteiger partial charge on any atom is 0.244 e. The standard InChI is InChI=1S/C17H12ClN3O/c18-14-6-5-13(10-19)15(9-14)20-17(22)11-21-8-7-12-3-1-2-4-16(12)21/h1-9H,11H2,(H,20,22). The SMILES string of the molecule is N#Cc1ccc(Cl)cc1NC(=O)Cn1ccc2ccccc21. The van der Waals surface area contributed by atoms with Gasteiger partial charge in [-0.2, -0.15) is 5.26 Å². The number of nitrogens with zero attached hydrogens (tertiary/aromatic N) is 2. The Morgan fingerprint density at radius 2 is 2.05 bits per heavy atom. The largest absolute Gasteiger partial charge is 0.338 e. The fraction of sp³-hybridized carbons (Fsp3) is 0.0588. The Labute approximate surface area is 132 Å². The number of aromatic nitrogens is 1. The molecule has 2 aromatic carbocycles. The van der Waals surface area contributed by atoms with Gasteiger partial charge in [0.25, 0.3) is 0 Å². The summed E-state index contributed by atoms with van der Waals surface area (Å²) in [4.78, 5) is 12.2. The summed E-state index contributed by atoms with van der Waals surface area (Å²) in [6.07, 6.45) is 1.87. The topological polar surface area (TPSA) is 57.8 Å². The molecule has 0 unspecified atom stereocenters. The highest BCUT2D eigenvalue weighted by molar-refractivity contribution is 6.31. The molecular formula is C17H12ClN3O. The Kier molecular flexibility index (Phi) is 3.82. The van der Waals surface area contributed by atoms with E-state index in [2.05, 4.69) is 5.32 Å². The Hall–Kier alpha value is -2.77. The van der Waals surface area contributed by atoms with Crippen LogP contribution in [0.5, 0.6) is 0 Å². The lowest BCUT2D eigenvalue weighted by Gasteiger charge is -2.09. The number of nitriles is 1. The van der Waals surface area contributed by atoms with Crippen LogP contribution in [0, 0.1) is 11.3 Å². The Morgan fingerprint density at radius 3 is 2.86 bits per heavy atom.